The monoisotopic (exact) mass is 210 g/mol. The lowest BCUT2D eigenvalue weighted by molar-refractivity contribution is 0.141. The number of aryl methyl sites for hydroxylation is 2. The number of nitrogens with zero attached hydrogens (tertiary/aromatic N) is 2. The van der Waals surface area contributed by atoms with E-state index in [4.69, 9.17) is 0 Å². The highest BCUT2D eigenvalue weighted by Gasteiger charge is 2.08. The molecule has 4 heteroatoms. The van der Waals surface area contributed by atoms with Crippen molar-refractivity contribution in [2.75, 3.05) is 0 Å². The number of hydrogen-bond acceptors (Lipinski definition) is 3. The summed E-state index contributed by atoms with van der Waals surface area (Å²) < 4.78 is 1.52. The number of hydrogen-bond donors (Lipinski definition) is 1. The summed E-state index contributed by atoms with van der Waals surface area (Å²) in [6.45, 7) is 5.99. The fourth-order valence-electron chi connectivity index (χ4n) is 1.63. The van der Waals surface area contributed by atoms with E-state index in [1.165, 1.54) is 4.57 Å². The molecule has 0 saturated carbocycles. The summed E-state index contributed by atoms with van der Waals surface area (Å²) in [6.07, 6.45) is 1.16. The average Bonchev–Trinajstić information content (AvgIpc) is 2.11. The maximum absolute atomic E-state index is 11.5. The molecule has 1 rings (SSSR count). The molecule has 0 aliphatic rings. The topological polar surface area (TPSA) is 55.1 Å². The summed E-state index contributed by atoms with van der Waals surface area (Å²) in [5.41, 5.74) is 1.30. The number of aliphatic hydroxyl groups is 1. The molecule has 84 valence electrons. The molecule has 4 nitrogen and oxygen atoms in total. The van der Waals surface area contributed by atoms with E-state index in [0.29, 0.717) is 13.0 Å². The van der Waals surface area contributed by atoms with E-state index in [-0.39, 0.29) is 5.69 Å². The average molecular weight is 210 g/mol. The Balaban J connectivity index is 2.90. The van der Waals surface area contributed by atoms with Gasteiger partial charge >= 0.3 is 5.69 Å². The van der Waals surface area contributed by atoms with Crippen LogP contribution in [0.25, 0.3) is 0 Å². The molecular weight excluding hydrogens is 192 g/mol. The molecule has 1 N–H and O–H groups in total. The minimum absolute atomic E-state index is 0.275. The summed E-state index contributed by atoms with van der Waals surface area (Å²) in [6, 6.07) is 1.85. The maximum Gasteiger partial charge on any atom is 0.348 e. The standard InChI is InChI=1S/C11H18N2O2/c1-4-5-10(14)7-13-9(3)6-8(2)12-11(13)15/h6,10,14H,4-5,7H2,1-3H3. The predicted molar refractivity (Wildman–Crippen MR) is 58.9 cm³/mol. The van der Waals surface area contributed by atoms with Crippen LogP contribution >= 0.6 is 0 Å². The Hall–Kier alpha value is -1.16. The van der Waals surface area contributed by atoms with Crippen molar-refractivity contribution in [3.05, 3.63) is 27.9 Å². The molecule has 1 aromatic heterocycles. The van der Waals surface area contributed by atoms with Crippen LogP contribution in [-0.4, -0.2) is 20.8 Å². The number of aromatic nitrogens is 2. The van der Waals surface area contributed by atoms with Gasteiger partial charge in [0.1, 0.15) is 0 Å². The van der Waals surface area contributed by atoms with Gasteiger partial charge in [-0.15, -0.1) is 0 Å². The molecule has 1 unspecified atom stereocenters. The maximum atomic E-state index is 11.5. The van der Waals surface area contributed by atoms with Crippen LogP contribution in [-0.2, 0) is 6.54 Å². The highest BCUT2D eigenvalue weighted by atomic mass is 16.3. The van der Waals surface area contributed by atoms with Gasteiger partial charge in [0, 0.05) is 11.4 Å². The largest absolute Gasteiger partial charge is 0.391 e. The van der Waals surface area contributed by atoms with Crippen LogP contribution in [0.4, 0.5) is 0 Å². The Labute approximate surface area is 89.6 Å². The zero-order valence-electron chi connectivity index (χ0n) is 9.53. The molecule has 1 atom stereocenters. The van der Waals surface area contributed by atoms with Crippen LogP contribution in [0.3, 0.4) is 0 Å². The fourth-order valence-corrected chi connectivity index (χ4v) is 1.63. The Morgan fingerprint density at radius 2 is 2.20 bits per heavy atom. The second-order valence-corrected chi connectivity index (χ2v) is 3.87. The quantitative estimate of drug-likeness (QED) is 0.807. The Morgan fingerprint density at radius 3 is 2.73 bits per heavy atom. The van der Waals surface area contributed by atoms with E-state index in [9.17, 15) is 9.90 Å². The molecular formula is C11H18N2O2. The summed E-state index contributed by atoms with van der Waals surface area (Å²) in [5, 5.41) is 9.63. The van der Waals surface area contributed by atoms with Crippen LogP contribution < -0.4 is 5.69 Å². The van der Waals surface area contributed by atoms with Gasteiger partial charge in [-0.1, -0.05) is 13.3 Å². The summed E-state index contributed by atoms with van der Waals surface area (Å²) in [4.78, 5) is 15.4. The first-order valence-corrected chi connectivity index (χ1v) is 5.27. The lowest BCUT2D eigenvalue weighted by atomic mass is 10.2. The highest BCUT2D eigenvalue weighted by Crippen LogP contribution is 2.02. The van der Waals surface area contributed by atoms with Crippen molar-refractivity contribution in [2.24, 2.45) is 0 Å². The molecule has 0 saturated heterocycles. The second-order valence-electron chi connectivity index (χ2n) is 3.87. The van der Waals surface area contributed by atoms with E-state index in [2.05, 4.69) is 4.98 Å². The van der Waals surface area contributed by atoms with Crippen LogP contribution in [0.15, 0.2) is 10.9 Å². The Morgan fingerprint density at radius 1 is 1.53 bits per heavy atom. The molecule has 0 fully saturated rings. The number of aliphatic hydroxyl groups excluding tert-OH is 1. The first kappa shape index (κ1) is 11.9. The lowest BCUT2D eigenvalue weighted by Gasteiger charge is -2.13. The predicted octanol–water partition coefficient (Wildman–Crippen LogP) is 1.02. The van der Waals surface area contributed by atoms with Crippen molar-refractivity contribution in [1.82, 2.24) is 9.55 Å². The zero-order valence-corrected chi connectivity index (χ0v) is 9.53. The highest BCUT2D eigenvalue weighted by molar-refractivity contribution is 5.06. The van der Waals surface area contributed by atoms with E-state index in [1.807, 2.05) is 19.9 Å². The molecule has 1 heterocycles. The number of rotatable bonds is 4. The van der Waals surface area contributed by atoms with Crippen molar-refractivity contribution in [1.29, 1.82) is 0 Å². The summed E-state index contributed by atoms with van der Waals surface area (Å²) in [7, 11) is 0. The SMILES string of the molecule is CCCC(O)Cn1c(C)cc(C)nc1=O. The Kier molecular flexibility index (Phi) is 4.03. The van der Waals surface area contributed by atoms with Gasteiger partial charge in [0.2, 0.25) is 0 Å². The van der Waals surface area contributed by atoms with Gasteiger partial charge < -0.3 is 5.11 Å². The third kappa shape index (κ3) is 3.16. The molecule has 0 spiro atoms. The summed E-state index contributed by atoms with van der Waals surface area (Å²) in [5.74, 6) is 0. The molecule has 0 amide bonds. The Bertz CT molecular complexity index is 385. The first-order chi connectivity index (χ1) is 7.04. The second kappa shape index (κ2) is 5.07. The first-order valence-electron chi connectivity index (χ1n) is 5.27. The smallest absolute Gasteiger partial charge is 0.348 e. The molecule has 0 bridgehead atoms. The van der Waals surface area contributed by atoms with Crippen molar-refractivity contribution < 1.29 is 5.11 Å². The minimum Gasteiger partial charge on any atom is -0.391 e. The van der Waals surface area contributed by atoms with Gasteiger partial charge in [0.25, 0.3) is 0 Å². The van der Waals surface area contributed by atoms with Crippen molar-refractivity contribution in [2.45, 2.75) is 46.3 Å². The van der Waals surface area contributed by atoms with Gasteiger partial charge in [-0.2, -0.15) is 4.98 Å². The van der Waals surface area contributed by atoms with Gasteiger partial charge in [-0.3, -0.25) is 4.57 Å². The third-order valence-corrected chi connectivity index (χ3v) is 2.36. The van der Waals surface area contributed by atoms with Gasteiger partial charge in [-0.05, 0) is 26.3 Å². The molecule has 15 heavy (non-hydrogen) atoms. The van der Waals surface area contributed by atoms with E-state index < -0.39 is 6.10 Å². The molecule has 0 aliphatic heterocycles. The minimum atomic E-state index is -0.462. The van der Waals surface area contributed by atoms with Gasteiger partial charge in [0.15, 0.2) is 0 Å². The van der Waals surface area contributed by atoms with Crippen molar-refractivity contribution >= 4 is 0 Å². The van der Waals surface area contributed by atoms with Crippen LogP contribution in [0, 0.1) is 13.8 Å². The van der Waals surface area contributed by atoms with E-state index in [1.54, 1.807) is 6.92 Å². The van der Waals surface area contributed by atoms with Crippen molar-refractivity contribution in [3.8, 4) is 0 Å². The van der Waals surface area contributed by atoms with E-state index in [0.717, 1.165) is 17.8 Å². The molecule has 0 aromatic carbocycles. The van der Waals surface area contributed by atoms with Gasteiger partial charge in [-0.25, -0.2) is 4.79 Å². The fraction of sp³-hybridized carbons (Fsp3) is 0.636. The third-order valence-electron chi connectivity index (χ3n) is 2.36. The van der Waals surface area contributed by atoms with Gasteiger partial charge in [0.05, 0.1) is 12.6 Å². The van der Waals surface area contributed by atoms with Crippen LogP contribution in [0.5, 0.6) is 0 Å². The van der Waals surface area contributed by atoms with Crippen LogP contribution in [0.1, 0.15) is 31.2 Å². The van der Waals surface area contributed by atoms with E-state index >= 15 is 0 Å². The molecule has 0 radical (unpaired) electrons. The molecule has 0 aliphatic carbocycles. The lowest BCUT2D eigenvalue weighted by Crippen LogP contribution is -2.30. The zero-order chi connectivity index (χ0) is 11.4. The van der Waals surface area contributed by atoms with Crippen molar-refractivity contribution in [3.63, 3.8) is 0 Å². The van der Waals surface area contributed by atoms with Crippen LogP contribution in [0.2, 0.25) is 0 Å². The summed E-state index contributed by atoms with van der Waals surface area (Å²) >= 11 is 0. The normalized spacial score (nSPS) is 12.8. The molecule has 1 aromatic rings.